The van der Waals surface area contributed by atoms with E-state index in [9.17, 15) is 0 Å². The highest BCUT2D eigenvalue weighted by atomic mass is 15.0. The lowest BCUT2D eigenvalue weighted by atomic mass is 9.85. The van der Waals surface area contributed by atoms with Crippen molar-refractivity contribution in [2.75, 3.05) is 5.73 Å². The molecule has 0 aromatic carbocycles. The van der Waals surface area contributed by atoms with Crippen LogP contribution < -0.4 is 5.73 Å². The predicted octanol–water partition coefficient (Wildman–Crippen LogP) is 1.20. The van der Waals surface area contributed by atoms with Gasteiger partial charge in [0.1, 0.15) is 11.3 Å². The fourth-order valence-electron chi connectivity index (χ4n) is 1.72. The number of H-pyrrole nitrogens is 1. The molecule has 0 spiro atoms. The van der Waals surface area contributed by atoms with E-state index < -0.39 is 0 Å². The van der Waals surface area contributed by atoms with Gasteiger partial charge < -0.3 is 10.7 Å². The fraction of sp³-hybridized carbons (Fsp3) is 0.444. The number of nitrogen functional groups attached to an aromatic ring is 1. The normalized spacial score (nSPS) is 17.1. The van der Waals surface area contributed by atoms with Crippen molar-refractivity contribution in [3.8, 4) is 0 Å². The molecule has 0 radical (unpaired) electrons. The van der Waals surface area contributed by atoms with Crippen LogP contribution in [0.3, 0.4) is 0 Å². The quantitative estimate of drug-likeness (QED) is 0.706. The van der Waals surface area contributed by atoms with Crippen LogP contribution in [0.15, 0.2) is 6.33 Å². The molecule has 5 heteroatoms. The summed E-state index contributed by atoms with van der Waals surface area (Å²) >= 11 is 0. The molecule has 5 nitrogen and oxygen atoms in total. The van der Waals surface area contributed by atoms with Gasteiger partial charge in [0, 0.05) is 5.92 Å². The number of nitrogens with zero attached hydrogens (tertiary/aromatic N) is 3. The standard InChI is InChI=1S/C9H11N5/c10-7-6-9(12-4-11-6)14-8(13-7)5-2-1-3-5/h4-5H,1-3H2,(H3,10,11,12,13,14). The smallest absolute Gasteiger partial charge is 0.183 e. The van der Waals surface area contributed by atoms with Crippen LogP contribution in [0.4, 0.5) is 5.82 Å². The first-order valence-electron chi connectivity index (χ1n) is 4.81. The number of nitrogens with one attached hydrogen (secondary N) is 1. The second-order valence-corrected chi connectivity index (χ2v) is 3.70. The van der Waals surface area contributed by atoms with Gasteiger partial charge in [-0.25, -0.2) is 15.0 Å². The zero-order chi connectivity index (χ0) is 9.54. The van der Waals surface area contributed by atoms with Crippen LogP contribution >= 0.6 is 0 Å². The first kappa shape index (κ1) is 7.73. The Bertz CT molecular complexity index is 471. The van der Waals surface area contributed by atoms with Gasteiger partial charge in [-0.15, -0.1) is 0 Å². The third-order valence-electron chi connectivity index (χ3n) is 2.80. The van der Waals surface area contributed by atoms with Gasteiger partial charge in [0.2, 0.25) is 0 Å². The van der Waals surface area contributed by atoms with E-state index in [-0.39, 0.29) is 0 Å². The number of hydrogen-bond acceptors (Lipinski definition) is 4. The van der Waals surface area contributed by atoms with Crippen molar-refractivity contribution in [2.45, 2.75) is 25.2 Å². The molecule has 0 atom stereocenters. The Morgan fingerprint density at radius 1 is 1.36 bits per heavy atom. The van der Waals surface area contributed by atoms with E-state index in [1.807, 2.05) is 0 Å². The molecule has 1 aliphatic rings. The van der Waals surface area contributed by atoms with Gasteiger partial charge >= 0.3 is 0 Å². The summed E-state index contributed by atoms with van der Waals surface area (Å²) in [5.41, 5.74) is 7.22. The van der Waals surface area contributed by atoms with Crippen LogP contribution in [0.2, 0.25) is 0 Å². The third-order valence-corrected chi connectivity index (χ3v) is 2.80. The molecule has 0 unspecified atom stereocenters. The molecule has 2 aromatic heterocycles. The maximum absolute atomic E-state index is 5.80. The van der Waals surface area contributed by atoms with E-state index in [0.29, 0.717) is 17.4 Å². The maximum atomic E-state index is 5.80. The van der Waals surface area contributed by atoms with Crippen LogP contribution in [-0.2, 0) is 0 Å². The number of anilines is 1. The minimum absolute atomic E-state index is 0.499. The molecule has 2 heterocycles. The predicted molar refractivity (Wildman–Crippen MR) is 52.7 cm³/mol. The number of aromatic nitrogens is 4. The zero-order valence-electron chi connectivity index (χ0n) is 7.70. The van der Waals surface area contributed by atoms with Crippen LogP contribution in [0.25, 0.3) is 11.2 Å². The molecule has 0 saturated heterocycles. The van der Waals surface area contributed by atoms with Crippen LogP contribution in [-0.4, -0.2) is 19.9 Å². The zero-order valence-corrected chi connectivity index (χ0v) is 7.70. The molecule has 0 aliphatic heterocycles. The highest BCUT2D eigenvalue weighted by Crippen LogP contribution is 2.35. The molecule has 1 saturated carbocycles. The highest BCUT2D eigenvalue weighted by molar-refractivity contribution is 5.80. The lowest BCUT2D eigenvalue weighted by Crippen LogP contribution is -2.13. The third kappa shape index (κ3) is 0.982. The number of aromatic amines is 1. The molecular weight excluding hydrogens is 178 g/mol. The first-order valence-corrected chi connectivity index (χ1v) is 4.81. The summed E-state index contributed by atoms with van der Waals surface area (Å²) in [6, 6.07) is 0. The van der Waals surface area contributed by atoms with Gasteiger partial charge in [0.15, 0.2) is 11.5 Å². The van der Waals surface area contributed by atoms with Crippen LogP contribution in [0.5, 0.6) is 0 Å². The molecule has 3 N–H and O–H groups in total. The summed E-state index contributed by atoms with van der Waals surface area (Å²) < 4.78 is 0. The van der Waals surface area contributed by atoms with E-state index in [1.54, 1.807) is 6.33 Å². The van der Waals surface area contributed by atoms with Crippen molar-refractivity contribution in [1.82, 2.24) is 19.9 Å². The van der Waals surface area contributed by atoms with Gasteiger partial charge in [-0.1, -0.05) is 6.42 Å². The van der Waals surface area contributed by atoms with Gasteiger partial charge in [-0.05, 0) is 12.8 Å². The number of rotatable bonds is 1. The van der Waals surface area contributed by atoms with Crippen molar-refractivity contribution in [3.05, 3.63) is 12.2 Å². The highest BCUT2D eigenvalue weighted by Gasteiger charge is 2.23. The Kier molecular flexibility index (Phi) is 1.47. The van der Waals surface area contributed by atoms with E-state index in [1.165, 1.54) is 19.3 Å². The maximum Gasteiger partial charge on any atom is 0.183 e. The van der Waals surface area contributed by atoms with E-state index in [4.69, 9.17) is 5.73 Å². The summed E-state index contributed by atoms with van der Waals surface area (Å²) in [7, 11) is 0. The number of imidazole rings is 1. The average Bonchev–Trinajstić information content (AvgIpc) is 2.48. The fourth-order valence-corrected chi connectivity index (χ4v) is 1.72. The Labute approximate surface area is 80.8 Å². The first-order chi connectivity index (χ1) is 6.84. The van der Waals surface area contributed by atoms with Crippen molar-refractivity contribution in [3.63, 3.8) is 0 Å². The van der Waals surface area contributed by atoms with E-state index in [2.05, 4.69) is 19.9 Å². The topological polar surface area (TPSA) is 80.5 Å². The summed E-state index contributed by atoms with van der Waals surface area (Å²) in [6.07, 6.45) is 5.22. The van der Waals surface area contributed by atoms with Crippen molar-refractivity contribution < 1.29 is 0 Å². The molecular formula is C9H11N5. The van der Waals surface area contributed by atoms with Gasteiger partial charge in [-0.3, -0.25) is 0 Å². The molecule has 2 aromatic rings. The summed E-state index contributed by atoms with van der Waals surface area (Å²) in [4.78, 5) is 15.7. The Balaban J connectivity index is 2.16. The minimum atomic E-state index is 0.499. The summed E-state index contributed by atoms with van der Waals surface area (Å²) in [5.74, 6) is 1.86. The lowest BCUT2D eigenvalue weighted by Gasteiger charge is -2.23. The molecule has 1 fully saturated rings. The second kappa shape index (κ2) is 2.67. The summed E-state index contributed by atoms with van der Waals surface area (Å²) in [5, 5.41) is 0. The second-order valence-electron chi connectivity index (χ2n) is 3.70. The van der Waals surface area contributed by atoms with Gasteiger partial charge in [0.05, 0.1) is 6.33 Å². The lowest BCUT2D eigenvalue weighted by molar-refractivity contribution is 0.403. The Hall–Kier alpha value is -1.65. The van der Waals surface area contributed by atoms with E-state index in [0.717, 1.165) is 11.3 Å². The van der Waals surface area contributed by atoms with Crippen LogP contribution in [0.1, 0.15) is 31.0 Å². The van der Waals surface area contributed by atoms with Crippen LogP contribution in [0, 0.1) is 0 Å². The molecule has 72 valence electrons. The van der Waals surface area contributed by atoms with E-state index >= 15 is 0 Å². The SMILES string of the molecule is Nc1nc(C2CCC2)nc2nc[nH]c12. The Morgan fingerprint density at radius 3 is 2.93 bits per heavy atom. The number of hydrogen-bond donors (Lipinski definition) is 2. The summed E-state index contributed by atoms with van der Waals surface area (Å²) in [6.45, 7) is 0. The molecule has 0 amide bonds. The average molecular weight is 189 g/mol. The number of fused-ring (bicyclic) bond motifs is 1. The van der Waals surface area contributed by atoms with Crippen molar-refractivity contribution in [1.29, 1.82) is 0 Å². The molecule has 14 heavy (non-hydrogen) atoms. The molecule has 0 bridgehead atoms. The molecule has 3 rings (SSSR count). The van der Waals surface area contributed by atoms with Crippen molar-refractivity contribution >= 4 is 17.0 Å². The largest absolute Gasteiger partial charge is 0.382 e. The van der Waals surface area contributed by atoms with Gasteiger partial charge in [-0.2, -0.15) is 0 Å². The number of nitrogens with two attached hydrogens (primary N) is 1. The van der Waals surface area contributed by atoms with Gasteiger partial charge in [0.25, 0.3) is 0 Å². The van der Waals surface area contributed by atoms with Crippen molar-refractivity contribution in [2.24, 2.45) is 0 Å². The Morgan fingerprint density at radius 2 is 2.21 bits per heavy atom. The monoisotopic (exact) mass is 189 g/mol. The minimum Gasteiger partial charge on any atom is -0.382 e. The molecule has 1 aliphatic carbocycles.